The lowest BCUT2D eigenvalue weighted by Gasteiger charge is -2.07. The molecule has 0 saturated carbocycles. The molecule has 0 radical (unpaired) electrons. The number of aryl methyl sites for hydroxylation is 1. The molecule has 2 rings (SSSR count). The summed E-state index contributed by atoms with van der Waals surface area (Å²) in [7, 11) is 0. The largest absolute Gasteiger partial charge is 0.494 e. The van der Waals surface area contributed by atoms with Crippen molar-refractivity contribution in [2.45, 2.75) is 19.8 Å². The summed E-state index contributed by atoms with van der Waals surface area (Å²) in [6.07, 6.45) is 3.90. The van der Waals surface area contributed by atoms with E-state index in [1.54, 1.807) is 0 Å². The van der Waals surface area contributed by atoms with Gasteiger partial charge in [-0.25, -0.2) is 0 Å². The van der Waals surface area contributed by atoms with E-state index in [4.69, 9.17) is 4.74 Å². The summed E-state index contributed by atoms with van der Waals surface area (Å²) in [5.41, 5.74) is 4.73. The molecule has 21 heavy (non-hydrogen) atoms. The molecule has 0 aliphatic carbocycles. The van der Waals surface area contributed by atoms with Crippen molar-refractivity contribution >= 4 is 11.6 Å². The third-order valence-electron chi connectivity index (χ3n) is 3.44. The van der Waals surface area contributed by atoms with Crippen molar-refractivity contribution in [2.75, 3.05) is 6.61 Å². The third kappa shape index (κ3) is 4.64. The fraction of sp³-hybridized carbons (Fsp3) is 0.200. The first kappa shape index (κ1) is 15.1. The van der Waals surface area contributed by atoms with E-state index in [1.807, 2.05) is 37.3 Å². The molecule has 0 aliphatic rings. The maximum Gasteiger partial charge on any atom is 0.119 e. The fourth-order valence-corrected chi connectivity index (χ4v) is 2.12. The zero-order valence-corrected chi connectivity index (χ0v) is 12.6. The highest BCUT2D eigenvalue weighted by atomic mass is 16.5. The van der Waals surface area contributed by atoms with Gasteiger partial charge in [-0.3, -0.25) is 0 Å². The Kier molecular flexibility index (Phi) is 5.39. The summed E-state index contributed by atoms with van der Waals surface area (Å²) in [4.78, 5) is 0. The van der Waals surface area contributed by atoms with Crippen LogP contribution in [0.5, 0.6) is 5.75 Å². The molecule has 0 fully saturated rings. The second-order valence-corrected chi connectivity index (χ2v) is 5.20. The highest BCUT2D eigenvalue weighted by Gasteiger charge is 1.97. The topological polar surface area (TPSA) is 9.23 Å². The van der Waals surface area contributed by atoms with E-state index in [0.717, 1.165) is 41.9 Å². The number of rotatable bonds is 7. The maximum absolute atomic E-state index is 5.76. The highest BCUT2D eigenvalue weighted by molar-refractivity contribution is 5.61. The minimum absolute atomic E-state index is 0.732. The Labute approximate surface area is 127 Å². The van der Waals surface area contributed by atoms with E-state index in [0.29, 0.717) is 0 Å². The molecular formula is C20H22O. The molecule has 2 aromatic carbocycles. The molecule has 0 saturated heterocycles. The number of hydrogen-bond acceptors (Lipinski definition) is 1. The molecule has 0 heterocycles. The summed E-state index contributed by atoms with van der Waals surface area (Å²) in [6.45, 7) is 10.4. The van der Waals surface area contributed by atoms with Gasteiger partial charge in [-0.05, 0) is 48.6 Å². The molecule has 0 aromatic heterocycles. The van der Waals surface area contributed by atoms with E-state index >= 15 is 0 Å². The van der Waals surface area contributed by atoms with E-state index in [2.05, 4.69) is 37.4 Å². The molecule has 2 aromatic rings. The molecule has 108 valence electrons. The third-order valence-corrected chi connectivity index (χ3v) is 3.44. The van der Waals surface area contributed by atoms with Crippen LogP contribution in [0.2, 0.25) is 0 Å². The van der Waals surface area contributed by atoms with Crippen LogP contribution in [0.25, 0.3) is 11.6 Å². The Balaban J connectivity index is 1.76. The van der Waals surface area contributed by atoms with E-state index in [9.17, 15) is 0 Å². The first-order valence-corrected chi connectivity index (χ1v) is 7.29. The molecule has 1 nitrogen and oxygen atoms in total. The van der Waals surface area contributed by atoms with Crippen molar-refractivity contribution < 1.29 is 4.74 Å². The van der Waals surface area contributed by atoms with Crippen molar-refractivity contribution in [1.82, 2.24) is 0 Å². The van der Waals surface area contributed by atoms with Crippen LogP contribution < -0.4 is 4.74 Å². The standard InChI is InChI=1S/C20H22O/c1-4-17-7-9-18(10-8-17)6-5-15-21-20-13-11-19(12-14-20)16(2)3/h4,7-14H,1-2,5-6,15H2,3H3. The monoisotopic (exact) mass is 278 g/mol. The normalized spacial score (nSPS) is 10.1. The Morgan fingerprint density at radius 1 is 1.05 bits per heavy atom. The predicted molar refractivity (Wildman–Crippen MR) is 91.5 cm³/mol. The van der Waals surface area contributed by atoms with Gasteiger partial charge in [-0.1, -0.05) is 61.2 Å². The Morgan fingerprint density at radius 3 is 2.29 bits per heavy atom. The van der Waals surface area contributed by atoms with Crippen LogP contribution in [-0.4, -0.2) is 6.61 Å². The average molecular weight is 278 g/mol. The smallest absolute Gasteiger partial charge is 0.119 e. The average Bonchev–Trinajstić information content (AvgIpc) is 2.52. The second-order valence-electron chi connectivity index (χ2n) is 5.20. The lowest BCUT2D eigenvalue weighted by Crippen LogP contribution is -1.99. The van der Waals surface area contributed by atoms with Crippen molar-refractivity contribution in [1.29, 1.82) is 0 Å². The van der Waals surface area contributed by atoms with Gasteiger partial charge in [-0.15, -0.1) is 0 Å². The molecule has 0 spiro atoms. The zero-order chi connectivity index (χ0) is 15.1. The van der Waals surface area contributed by atoms with Crippen molar-refractivity contribution in [2.24, 2.45) is 0 Å². The molecule has 0 bridgehead atoms. The van der Waals surface area contributed by atoms with Gasteiger partial charge in [0.05, 0.1) is 6.61 Å². The van der Waals surface area contributed by atoms with Crippen LogP contribution in [0.4, 0.5) is 0 Å². The van der Waals surface area contributed by atoms with Crippen molar-refractivity contribution in [3.05, 3.63) is 78.4 Å². The van der Waals surface area contributed by atoms with Crippen molar-refractivity contribution in [3.63, 3.8) is 0 Å². The van der Waals surface area contributed by atoms with Crippen LogP contribution >= 0.6 is 0 Å². The van der Waals surface area contributed by atoms with Gasteiger partial charge in [0.25, 0.3) is 0 Å². The fourth-order valence-electron chi connectivity index (χ4n) is 2.12. The van der Waals surface area contributed by atoms with Crippen LogP contribution in [0, 0.1) is 0 Å². The minimum atomic E-state index is 0.732. The molecule has 0 aliphatic heterocycles. The van der Waals surface area contributed by atoms with Gasteiger partial charge in [0, 0.05) is 0 Å². The highest BCUT2D eigenvalue weighted by Crippen LogP contribution is 2.17. The molecule has 0 unspecified atom stereocenters. The van der Waals surface area contributed by atoms with Gasteiger partial charge < -0.3 is 4.74 Å². The van der Waals surface area contributed by atoms with E-state index in [1.165, 1.54) is 5.56 Å². The molecule has 0 N–H and O–H groups in total. The van der Waals surface area contributed by atoms with Gasteiger partial charge >= 0.3 is 0 Å². The maximum atomic E-state index is 5.76. The Bertz CT molecular complexity index is 591. The first-order valence-electron chi connectivity index (χ1n) is 7.29. The van der Waals surface area contributed by atoms with E-state index in [-0.39, 0.29) is 0 Å². The van der Waals surface area contributed by atoms with Crippen LogP contribution in [0.15, 0.2) is 61.7 Å². The first-order chi connectivity index (χ1) is 10.2. The minimum Gasteiger partial charge on any atom is -0.494 e. The van der Waals surface area contributed by atoms with Gasteiger partial charge in [0.1, 0.15) is 5.75 Å². The number of ether oxygens (including phenoxy) is 1. The molecule has 0 atom stereocenters. The Hall–Kier alpha value is -2.28. The lowest BCUT2D eigenvalue weighted by atomic mass is 10.1. The van der Waals surface area contributed by atoms with Gasteiger partial charge in [0.15, 0.2) is 0 Å². The number of allylic oxidation sites excluding steroid dienone is 1. The molecular weight excluding hydrogens is 256 g/mol. The van der Waals surface area contributed by atoms with Gasteiger partial charge in [-0.2, -0.15) is 0 Å². The zero-order valence-electron chi connectivity index (χ0n) is 12.6. The van der Waals surface area contributed by atoms with Crippen LogP contribution in [0.3, 0.4) is 0 Å². The number of benzene rings is 2. The SMILES string of the molecule is C=Cc1ccc(CCCOc2ccc(C(=C)C)cc2)cc1. The molecule has 1 heteroatoms. The summed E-state index contributed by atoms with van der Waals surface area (Å²) in [5.74, 6) is 0.919. The lowest BCUT2D eigenvalue weighted by molar-refractivity contribution is 0.311. The van der Waals surface area contributed by atoms with Crippen LogP contribution in [-0.2, 0) is 6.42 Å². The van der Waals surface area contributed by atoms with Gasteiger partial charge in [0.2, 0.25) is 0 Å². The van der Waals surface area contributed by atoms with E-state index < -0.39 is 0 Å². The molecule has 0 amide bonds. The number of hydrogen-bond donors (Lipinski definition) is 0. The summed E-state index contributed by atoms with van der Waals surface area (Å²) >= 11 is 0. The quantitative estimate of drug-likeness (QED) is 0.618. The summed E-state index contributed by atoms with van der Waals surface area (Å²) in [6, 6.07) is 16.6. The predicted octanol–water partition coefficient (Wildman–Crippen LogP) is 5.37. The second kappa shape index (κ2) is 7.49. The van der Waals surface area contributed by atoms with Crippen molar-refractivity contribution in [3.8, 4) is 5.75 Å². The summed E-state index contributed by atoms with van der Waals surface area (Å²) in [5, 5.41) is 0. The van der Waals surface area contributed by atoms with Crippen LogP contribution in [0.1, 0.15) is 30.0 Å². The Morgan fingerprint density at radius 2 is 1.71 bits per heavy atom. The summed E-state index contributed by atoms with van der Waals surface area (Å²) < 4.78 is 5.76.